The van der Waals surface area contributed by atoms with Gasteiger partial charge in [0, 0.05) is 0 Å². The van der Waals surface area contributed by atoms with Crippen LogP contribution < -0.4 is 0 Å². The molecule has 0 aromatic heterocycles. The first-order valence-corrected chi connectivity index (χ1v) is 4.71. The number of hydrogen-bond donors (Lipinski definition) is 1. The second-order valence-electron chi connectivity index (χ2n) is 3.19. The van der Waals surface area contributed by atoms with E-state index in [4.69, 9.17) is 5.11 Å². The summed E-state index contributed by atoms with van der Waals surface area (Å²) in [7, 11) is 0. The highest BCUT2D eigenvalue weighted by Crippen LogP contribution is 2.26. The fourth-order valence-corrected chi connectivity index (χ4v) is 0.976. The number of rotatable bonds is 0. The quantitative estimate of drug-likeness (QED) is 0.645. The van der Waals surface area contributed by atoms with Gasteiger partial charge in [0.15, 0.2) is 0 Å². The van der Waals surface area contributed by atoms with E-state index in [1.807, 2.05) is 0 Å². The highest BCUT2D eigenvalue weighted by Gasteiger charge is 2.34. The first-order valence-electron chi connectivity index (χ1n) is 4.71. The molecule has 4 heteroatoms. The first kappa shape index (κ1) is 12.8. The molecule has 1 N–H and O–H groups in total. The zero-order valence-corrected chi connectivity index (χ0v) is 8.22. The molecule has 1 aliphatic heterocycles. The average Bonchev–Trinajstić information content (AvgIpc) is 2.11. The lowest BCUT2D eigenvalue weighted by molar-refractivity contribution is -0.243. The Balaban J connectivity index is 0.000000424. The van der Waals surface area contributed by atoms with Gasteiger partial charge in [-0.15, -0.1) is 0 Å². The zero-order valence-electron chi connectivity index (χ0n) is 8.22. The lowest BCUT2D eigenvalue weighted by atomic mass is 10.1. The standard InChI is InChI=1S/C6H10F2O2.C3H8/c7-6(8)4-5(9)2-1-3-10-6;1-3-2/h5,9H,1-4H2;3H2,1-2H3. The van der Waals surface area contributed by atoms with E-state index in [2.05, 4.69) is 18.6 Å². The fraction of sp³-hybridized carbons (Fsp3) is 1.00. The Labute approximate surface area is 77.9 Å². The Hall–Kier alpha value is -0.220. The Bertz CT molecular complexity index is 129. The maximum atomic E-state index is 12.3. The highest BCUT2D eigenvalue weighted by molar-refractivity contribution is 4.66. The predicted octanol–water partition coefficient (Wildman–Crippen LogP) is 2.56. The van der Waals surface area contributed by atoms with Crippen LogP contribution in [0.5, 0.6) is 0 Å². The summed E-state index contributed by atoms with van der Waals surface area (Å²) in [6, 6.07) is 0. The van der Waals surface area contributed by atoms with Crippen molar-refractivity contribution in [3.63, 3.8) is 0 Å². The second kappa shape index (κ2) is 6.27. The minimum Gasteiger partial charge on any atom is -0.393 e. The van der Waals surface area contributed by atoms with Gasteiger partial charge in [0.2, 0.25) is 0 Å². The molecule has 2 nitrogen and oxygen atoms in total. The van der Waals surface area contributed by atoms with Crippen LogP contribution in [-0.2, 0) is 4.74 Å². The number of alkyl halides is 2. The van der Waals surface area contributed by atoms with Gasteiger partial charge in [0.1, 0.15) is 0 Å². The topological polar surface area (TPSA) is 29.5 Å². The van der Waals surface area contributed by atoms with Crippen LogP contribution >= 0.6 is 0 Å². The summed E-state index contributed by atoms with van der Waals surface area (Å²) in [5.74, 6) is 0. The lowest BCUT2D eigenvalue weighted by Gasteiger charge is -2.14. The van der Waals surface area contributed by atoms with E-state index < -0.39 is 18.6 Å². The number of ether oxygens (including phenoxy) is 1. The van der Waals surface area contributed by atoms with Crippen molar-refractivity contribution in [2.24, 2.45) is 0 Å². The monoisotopic (exact) mass is 196 g/mol. The van der Waals surface area contributed by atoms with Crippen molar-refractivity contribution in [2.45, 2.75) is 51.7 Å². The molecule has 0 radical (unpaired) electrons. The molecule has 0 aliphatic carbocycles. The van der Waals surface area contributed by atoms with Gasteiger partial charge < -0.3 is 9.84 Å². The van der Waals surface area contributed by atoms with Crippen LogP contribution in [0.15, 0.2) is 0 Å². The van der Waals surface area contributed by atoms with Crippen LogP contribution in [0.2, 0.25) is 0 Å². The normalized spacial score (nSPS) is 27.0. The van der Waals surface area contributed by atoms with E-state index in [0.29, 0.717) is 12.8 Å². The maximum absolute atomic E-state index is 12.3. The summed E-state index contributed by atoms with van der Waals surface area (Å²) < 4.78 is 28.8. The van der Waals surface area contributed by atoms with E-state index in [9.17, 15) is 8.78 Å². The summed E-state index contributed by atoms with van der Waals surface area (Å²) in [5.41, 5.74) is 0. The van der Waals surface area contributed by atoms with Crippen LogP contribution in [0.3, 0.4) is 0 Å². The second-order valence-corrected chi connectivity index (χ2v) is 3.19. The van der Waals surface area contributed by atoms with E-state index >= 15 is 0 Å². The molecule has 0 amide bonds. The molecule has 1 fully saturated rings. The molecule has 80 valence electrons. The molecule has 0 saturated carbocycles. The van der Waals surface area contributed by atoms with Gasteiger partial charge in [0.25, 0.3) is 0 Å². The van der Waals surface area contributed by atoms with Crippen LogP contribution in [0.4, 0.5) is 8.78 Å². The van der Waals surface area contributed by atoms with Crippen molar-refractivity contribution >= 4 is 0 Å². The van der Waals surface area contributed by atoms with E-state index in [0.717, 1.165) is 0 Å². The van der Waals surface area contributed by atoms with Crippen molar-refractivity contribution in [1.82, 2.24) is 0 Å². The third kappa shape index (κ3) is 6.90. The van der Waals surface area contributed by atoms with Crippen molar-refractivity contribution < 1.29 is 18.6 Å². The predicted molar refractivity (Wildman–Crippen MR) is 46.7 cm³/mol. The van der Waals surface area contributed by atoms with Crippen molar-refractivity contribution in [1.29, 1.82) is 0 Å². The molecule has 1 heterocycles. The minimum atomic E-state index is -3.12. The first-order chi connectivity index (χ1) is 6.02. The molecular formula is C9H18F2O2. The molecule has 1 aliphatic rings. The van der Waals surface area contributed by atoms with Crippen LogP contribution in [-0.4, -0.2) is 23.9 Å². The molecule has 0 spiro atoms. The molecule has 1 unspecified atom stereocenters. The minimum absolute atomic E-state index is 0.0457. The third-order valence-corrected chi connectivity index (χ3v) is 1.47. The molecule has 0 aromatic rings. The van der Waals surface area contributed by atoms with Gasteiger partial charge in [-0.1, -0.05) is 20.3 Å². The number of halogens is 2. The Morgan fingerprint density at radius 3 is 2.54 bits per heavy atom. The summed E-state index contributed by atoms with van der Waals surface area (Å²) in [6.45, 7) is 4.30. The SMILES string of the molecule is CCC.OC1CCCOC(F)(F)C1. The molecule has 13 heavy (non-hydrogen) atoms. The largest absolute Gasteiger partial charge is 0.393 e. The van der Waals surface area contributed by atoms with E-state index in [1.54, 1.807) is 0 Å². The third-order valence-electron chi connectivity index (χ3n) is 1.47. The van der Waals surface area contributed by atoms with Crippen molar-refractivity contribution in [3.8, 4) is 0 Å². The highest BCUT2D eigenvalue weighted by atomic mass is 19.3. The molecule has 0 bridgehead atoms. The average molecular weight is 196 g/mol. The van der Waals surface area contributed by atoms with E-state index in [1.165, 1.54) is 6.42 Å². The molecule has 1 saturated heterocycles. The van der Waals surface area contributed by atoms with Crippen LogP contribution in [0, 0.1) is 0 Å². The molecule has 1 rings (SSSR count). The van der Waals surface area contributed by atoms with Crippen molar-refractivity contribution in [3.05, 3.63) is 0 Å². The lowest BCUT2D eigenvalue weighted by Crippen LogP contribution is -2.23. The van der Waals surface area contributed by atoms with Gasteiger partial charge >= 0.3 is 6.11 Å². The number of aliphatic hydroxyl groups is 1. The summed E-state index contributed by atoms with van der Waals surface area (Å²) in [5, 5.41) is 8.86. The Kier molecular flexibility index (Phi) is 6.16. The number of aliphatic hydroxyl groups excluding tert-OH is 1. The summed E-state index contributed by atoms with van der Waals surface area (Å²) in [6.07, 6.45) is -2.41. The van der Waals surface area contributed by atoms with Gasteiger partial charge in [-0.2, -0.15) is 8.78 Å². The van der Waals surface area contributed by atoms with Gasteiger partial charge in [-0.25, -0.2) is 0 Å². The smallest absolute Gasteiger partial charge is 0.358 e. The number of hydrogen-bond acceptors (Lipinski definition) is 2. The molecular weight excluding hydrogens is 178 g/mol. The zero-order chi connectivity index (χ0) is 10.3. The summed E-state index contributed by atoms with van der Waals surface area (Å²) >= 11 is 0. The van der Waals surface area contributed by atoms with Gasteiger partial charge in [-0.3, -0.25) is 0 Å². The van der Waals surface area contributed by atoms with Crippen LogP contribution in [0.1, 0.15) is 39.5 Å². The van der Waals surface area contributed by atoms with Gasteiger partial charge in [-0.05, 0) is 12.8 Å². The summed E-state index contributed by atoms with van der Waals surface area (Å²) in [4.78, 5) is 0. The fourth-order valence-electron chi connectivity index (χ4n) is 0.976. The molecule has 1 atom stereocenters. The van der Waals surface area contributed by atoms with Crippen molar-refractivity contribution in [2.75, 3.05) is 6.61 Å². The Morgan fingerprint density at radius 1 is 1.46 bits per heavy atom. The molecule has 0 aromatic carbocycles. The maximum Gasteiger partial charge on any atom is 0.358 e. The Morgan fingerprint density at radius 2 is 2.00 bits per heavy atom. The van der Waals surface area contributed by atoms with Crippen LogP contribution in [0.25, 0.3) is 0 Å². The van der Waals surface area contributed by atoms with Gasteiger partial charge in [0.05, 0.1) is 19.1 Å². The van der Waals surface area contributed by atoms with E-state index in [-0.39, 0.29) is 6.61 Å².